The van der Waals surface area contributed by atoms with Crippen molar-refractivity contribution in [3.05, 3.63) is 68.8 Å². The molecule has 2 aliphatic heterocycles. The quantitative estimate of drug-likeness (QED) is 0.379. The van der Waals surface area contributed by atoms with Gasteiger partial charge in [-0.3, -0.25) is 9.98 Å². The maximum absolute atomic E-state index is 11.6. The largest absolute Gasteiger partial charge is 0.484 e. The molecule has 0 bridgehead atoms. The molecule has 0 spiro atoms. The van der Waals surface area contributed by atoms with Crippen LogP contribution in [0.1, 0.15) is 33.6 Å². The van der Waals surface area contributed by atoms with Gasteiger partial charge in [-0.05, 0) is 38.0 Å². The van der Waals surface area contributed by atoms with Crippen molar-refractivity contribution in [2.24, 2.45) is 15.0 Å². The van der Waals surface area contributed by atoms with Crippen LogP contribution >= 0.6 is 0 Å². The van der Waals surface area contributed by atoms with Crippen LogP contribution in [0.3, 0.4) is 0 Å². The third-order valence-corrected chi connectivity index (χ3v) is 5.66. The molecule has 0 aromatic carbocycles. The zero-order chi connectivity index (χ0) is 24.9. The first-order valence-corrected chi connectivity index (χ1v) is 10.9. The molecule has 180 valence electrons. The van der Waals surface area contributed by atoms with Crippen LogP contribution in [0.2, 0.25) is 0 Å². The molecule has 0 saturated carbocycles. The van der Waals surface area contributed by atoms with E-state index in [1.807, 2.05) is 26.8 Å². The van der Waals surface area contributed by atoms with Gasteiger partial charge < -0.3 is 18.6 Å². The Labute approximate surface area is 199 Å². The smallest absolute Gasteiger partial charge is 0.336 e. The van der Waals surface area contributed by atoms with Crippen molar-refractivity contribution in [1.82, 2.24) is 0 Å². The van der Waals surface area contributed by atoms with Gasteiger partial charge >= 0.3 is 5.63 Å². The summed E-state index contributed by atoms with van der Waals surface area (Å²) in [6, 6.07) is 2.78. The van der Waals surface area contributed by atoms with Gasteiger partial charge in [-0.2, -0.15) is 0 Å². The first-order chi connectivity index (χ1) is 16.1. The third kappa shape index (κ3) is 6.01. The highest BCUT2D eigenvalue weighted by atomic mass is 16.6. The summed E-state index contributed by atoms with van der Waals surface area (Å²) >= 11 is 0. The van der Waals surface area contributed by atoms with Gasteiger partial charge in [0.15, 0.2) is 5.90 Å². The summed E-state index contributed by atoms with van der Waals surface area (Å²) in [5.41, 5.74) is 1.05. The van der Waals surface area contributed by atoms with E-state index in [-0.39, 0.29) is 12.1 Å². The molecule has 0 amide bonds. The monoisotopic (exact) mass is 465 g/mol. The number of rotatable bonds is 5. The minimum Gasteiger partial charge on any atom is -0.484 e. The summed E-state index contributed by atoms with van der Waals surface area (Å²) in [7, 11) is 3.22. The Morgan fingerprint density at radius 2 is 2.06 bits per heavy atom. The molecule has 1 aromatic rings. The minimum absolute atomic E-state index is 0.191. The van der Waals surface area contributed by atoms with Crippen LogP contribution in [0.15, 0.2) is 72.0 Å². The molecule has 0 aliphatic carbocycles. The molecule has 34 heavy (non-hydrogen) atoms. The van der Waals surface area contributed by atoms with Gasteiger partial charge in [-0.1, -0.05) is 19.2 Å². The van der Waals surface area contributed by atoms with Crippen LogP contribution in [-0.4, -0.2) is 50.0 Å². The third-order valence-electron chi connectivity index (χ3n) is 5.66. The highest BCUT2D eigenvalue weighted by Crippen LogP contribution is 2.35. The maximum atomic E-state index is 11.6. The Morgan fingerprint density at radius 1 is 1.29 bits per heavy atom. The van der Waals surface area contributed by atoms with Gasteiger partial charge in [-0.25, -0.2) is 9.79 Å². The lowest BCUT2D eigenvalue weighted by Crippen LogP contribution is -2.45. The second kappa shape index (κ2) is 10.5. The zero-order valence-corrected chi connectivity index (χ0v) is 20.3. The average molecular weight is 466 g/mol. The first-order valence-electron chi connectivity index (χ1n) is 10.9. The summed E-state index contributed by atoms with van der Waals surface area (Å²) < 4.78 is 23.0. The predicted octanol–water partition coefficient (Wildman–Crippen LogP) is 2.67. The fourth-order valence-electron chi connectivity index (χ4n) is 3.54. The van der Waals surface area contributed by atoms with Gasteiger partial charge in [-0.15, -0.1) is 0 Å². The average Bonchev–Trinajstić information content (AvgIpc) is 2.80. The molecule has 0 N–H and O–H groups in total. The van der Waals surface area contributed by atoms with Crippen LogP contribution < -0.4 is 16.3 Å². The normalized spacial score (nSPS) is 23.0. The fraction of sp³-hybridized carbons (Fsp3) is 0.385. The molecule has 2 atom stereocenters. The number of allylic oxidation sites excluding steroid dienone is 1. The molecule has 8 nitrogen and oxygen atoms in total. The lowest BCUT2D eigenvalue weighted by atomic mass is 9.91. The Kier molecular flexibility index (Phi) is 7.71. The molecule has 0 fully saturated rings. The van der Waals surface area contributed by atoms with E-state index in [2.05, 4.69) is 28.1 Å². The van der Waals surface area contributed by atoms with Crippen molar-refractivity contribution in [2.75, 3.05) is 14.2 Å². The van der Waals surface area contributed by atoms with Gasteiger partial charge in [0.25, 0.3) is 0 Å². The maximum Gasteiger partial charge on any atom is 0.336 e. The van der Waals surface area contributed by atoms with E-state index in [1.165, 1.54) is 12.4 Å². The van der Waals surface area contributed by atoms with Crippen LogP contribution in [0.25, 0.3) is 12.7 Å². The lowest BCUT2D eigenvalue weighted by Gasteiger charge is -2.40. The number of aliphatic imine (C=N–C) groups is 3. The molecule has 3 rings (SSSR count). The van der Waals surface area contributed by atoms with E-state index < -0.39 is 11.2 Å². The van der Waals surface area contributed by atoms with Crippen molar-refractivity contribution in [3.8, 4) is 0 Å². The van der Waals surface area contributed by atoms with Gasteiger partial charge in [0.1, 0.15) is 29.2 Å². The van der Waals surface area contributed by atoms with Crippen molar-refractivity contribution in [3.63, 3.8) is 0 Å². The molecule has 1 aromatic heterocycles. The summed E-state index contributed by atoms with van der Waals surface area (Å²) in [5, 5.41) is 0.610. The second-order valence-electron chi connectivity index (χ2n) is 8.63. The molecule has 2 aliphatic rings. The van der Waals surface area contributed by atoms with Crippen molar-refractivity contribution in [1.29, 1.82) is 0 Å². The molecule has 0 radical (unpaired) electrons. The molecule has 8 heteroatoms. The summed E-state index contributed by atoms with van der Waals surface area (Å²) in [6.45, 7) is 13.9. The molecule has 3 heterocycles. The SMILES string of the molecule is C=C(/C=C\C(=N/C)OC)C1CC(O[C@H]2CC(C)=C(/C=c3/oc(=O)ccc3=C)OC2(C)C)=NC=N1. The Bertz CT molecular complexity index is 1260. The van der Waals surface area contributed by atoms with Gasteiger partial charge in [0.2, 0.25) is 5.90 Å². The summed E-state index contributed by atoms with van der Waals surface area (Å²) in [6.07, 6.45) is 7.63. The Morgan fingerprint density at radius 3 is 2.76 bits per heavy atom. The van der Waals surface area contributed by atoms with E-state index in [0.717, 1.165) is 11.1 Å². The van der Waals surface area contributed by atoms with Crippen LogP contribution in [-0.2, 0) is 14.2 Å². The van der Waals surface area contributed by atoms with E-state index in [4.69, 9.17) is 18.6 Å². The van der Waals surface area contributed by atoms with Crippen LogP contribution in [0, 0.1) is 0 Å². The number of hydrogen-bond donors (Lipinski definition) is 0. The van der Waals surface area contributed by atoms with Crippen molar-refractivity contribution in [2.45, 2.75) is 51.4 Å². The van der Waals surface area contributed by atoms with Crippen molar-refractivity contribution >= 4 is 30.8 Å². The number of nitrogens with zero attached hydrogens (tertiary/aromatic N) is 3. The van der Waals surface area contributed by atoms with E-state index in [0.29, 0.717) is 41.0 Å². The molecule has 1 unspecified atom stereocenters. The minimum atomic E-state index is -0.657. The highest BCUT2D eigenvalue weighted by Gasteiger charge is 2.39. The lowest BCUT2D eigenvalue weighted by molar-refractivity contribution is -0.0714. The van der Waals surface area contributed by atoms with Crippen LogP contribution in [0.4, 0.5) is 0 Å². The Hall–Kier alpha value is -3.68. The van der Waals surface area contributed by atoms with Crippen molar-refractivity contribution < 1.29 is 18.6 Å². The molecule has 0 saturated heterocycles. The fourth-order valence-corrected chi connectivity index (χ4v) is 3.54. The number of methoxy groups -OCH3 is 1. The molecular weight excluding hydrogens is 434 g/mol. The summed E-state index contributed by atoms with van der Waals surface area (Å²) in [5.74, 6) is 1.71. The topological polar surface area (TPSA) is 95.0 Å². The predicted molar refractivity (Wildman–Crippen MR) is 135 cm³/mol. The number of ether oxygens (including phenoxy) is 3. The van der Waals surface area contributed by atoms with E-state index in [1.54, 1.807) is 32.4 Å². The van der Waals surface area contributed by atoms with Crippen LogP contribution in [0.5, 0.6) is 0 Å². The number of hydrogen-bond acceptors (Lipinski definition) is 8. The van der Waals surface area contributed by atoms with E-state index in [9.17, 15) is 4.79 Å². The highest BCUT2D eigenvalue weighted by molar-refractivity contribution is 5.89. The first kappa shape index (κ1) is 25.0. The molecular formula is C26H31N3O5. The standard InChI is InChI=1S/C26H31N3O5/c1-16(8-10-23(27-6)31-7)19-13-24(29-15-28-19)33-22-12-18(3)21(34-26(22,4)5)14-20-17(2)9-11-25(30)32-20/h8-11,14-15,19,22H,1-2,12-13H2,3-7H3/b10-8-,20-14+,27-23+/t19?,22-/m0/s1. The van der Waals surface area contributed by atoms with E-state index >= 15 is 0 Å². The second-order valence-corrected chi connectivity index (χ2v) is 8.63. The van der Waals surface area contributed by atoms with Gasteiger partial charge in [0.05, 0.1) is 19.6 Å². The summed E-state index contributed by atoms with van der Waals surface area (Å²) in [4.78, 5) is 24.4. The zero-order valence-electron chi connectivity index (χ0n) is 20.3. The van der Waals surface area contributed by atoms with Gasteiger partial charge in [0, 0.05) is 36.9 Å². The Balaban J connectivity index is 1.74.